The highest BCUT2D eigenvalue weighted by Crippen LogP contribution is 2.20. The van der Waals surface area contributed by atoms with Crippen LogP contribution in [0.4, 0.5) is 0 Å². The van der Waals surface area contributed by atoms with E-state index < -0.39 is 12.0 Å². The molecule has 1 aliphatic rings. The second-order valence-corrected chi connectivity index (χ2v) is 3.49. The van der Waals surface area contributed by atoms with Crippen molar-refractivity contribution in [3.8, 4) is 0 Å². The summed E-state index contributed by atoms with van der Waals surface area (Å²) in [6, 6.07) is 9.65. The maximum atomic E-state index is 11.2. The smallest absolute Gasteiger partial charge is 0.312 e. The summed E-state index contributed by atoms with van der Waals surface area (Å²) in [5.74, 6) is -0.682. The molecule has 0 aromatic heterocycles. The second kappa shape index (κ2) is 3.80. The minimum absolute atomic E-state index is 0.135. The Morgan fingerprint density at radius 2 is 2.07 bits per heavy atom. The first-order valence-electron chi connectivity index (χ1n) is 4.66. The first kappa shape index (κ1) is 9.21. The van der Waals surface area contributed by atoms with Gasteiger partial charge in [0.2, 0.25) is 0 Å². The van der Waals surface area contributed by atoms with E-state index in [0.717, 1.165) is 5.56 Å². The molecule has 1 N–H and O–H groups in total. The van der Waals surface area contributed by atoms with Gasteiger partial charge in [-0.1, -0.05) is 30.3 Å². The average Bonchev–Trinajstić information content (AvgIpc) is 2.51. The Morgan fingerprint density at radius 3 is 2.64 bits per heavy atom. The Kier molecular flexibility index (Phi) is 2.50. The third-order valence-corrected chi connectivity index (χ3v) is 2.46. The standard InChI is InChI=1S/C11H12O3/c12-10-7-14-11(13)9(10)6-8-4-2-1-3-5-8/h1-5,9-10,12H,6-7H2/t9-,10-/m0/s1. The van der Waals surface area contributed by atoms with Gasteiger partial charge in [0.15, 0.2) is 0 Å². The Balaban J connectivity index is 2.07. The van der Waals surface area contributed by atoms with E-state index in [1.54, 1.807) is 0 Å². The number of esters is 1. The van der Waals surface area contributed by atoms with Crippen LogP contribution in [-0.4, -0.2) is 23.8 Å². The predicted molar refractivity (Wildman–Crippen MR) is 50.6 cm³/mol. The summed E-state index contributed by atoms with van der Waals surface area (Å²) >= 11 is 0. The van der Waals surface area contributed by atoms with Crippen molar-refractivity contribution in [2.24, 2.45) is 5.92 Å². The van der Waals surface area contributed by atoms with Gasteiger partial charge in [0, 0.05) is 0 Å². The van der Waals surface area contributed by atoms with Crippen LogP contribution in [0.25, 0.3) is 0 Å². The third kappa shape index (κ3) is 1.77. The first-order valence-corrected chi connectivity index (χ1v) is 4.66. The van der Waals surface area contributed by atoms with E-state index >= 15 is 0 Å². The van der Waals surface area contributed by atoms with Crippen LogP contribution in [0.5, 0.6) is 0 Å². The van der Waals surface area contributed by atoms with Crippen LogP contribution < -0.4 is 0 Å². The fourth-order valence-corrected chi connectivity index (χ4v) is 1.64. The predicted octanol–water partition coefficient (Wildman–Crippen LogP) is 0.763. The summed E-state index contributed by atoms with van der Waals surface area (Å²) in [6.45, 7) is 0.135. The SMILES string of the molecule is O=C1OC[C@H](O)[C@@H]1Cc1ccccc1. The number of ether oxygens (including phenoxy) is 1. The lowest BCUT2D eigenvalue weighted by Crippen LogP contribution is -2.22. The third-order valence-electron chi connectivity index (χ3n) is 2.46. The molecule has 0 bridgehead atoms. The summed E-state index contributed by atoms with van der Waals surface area (Å²) in [5, 5.41) is 9.47. The van der Waals surface area contributed by atoms with Gasteiger partial charge in [-0.15, -0.1) is 0 Å². The molecule has 14 heavy (non-hydrogen) atoms. The monoisotopic (exact) mass is 192 g/mol. The lowest BCUT2D eigenvalue weighted by atomic mass is 9.96. The van der Waals surface area contributed by atoms with Crippen molar-refractivity contribution in [2.45, 2.75) is 12.5 Å². The van der Waals surface area contributed by atoms with Crippen molar-refractivity contribution < 1.29 is 14.6 Å². The number of carbonyl (C=O) groups is 1. The van der Waals surface area contributed by atoms with E-state index in [2.05, 4.69) is 0 Å². The molecular weight excluding hydrogens is 180 g/mol. The molecule has 0 radical (unpaired) electrons. The van der Waals surface area contributed by atoms with Gasteiger partial charge in [0.05, 0.1) is 5.92 Å². The van der Waals surface area contributed by atoms with Crippen molar-refractivity contribution in [2.75, 3.05) is 6.61 Å². The van der Waals surface area contributed by atoms with Crippen LogP contribution in [0.2, 0.25) is 0 Å². The van der Waals surface area contributed by atoms with E-state index in [1.165, 1.54) is 0 Å². The van der Waals surface area contributed by atoms with E-state index in [-0.39, 0.29) is 12.6 Å². The number of hydrogen-bond donors (Lipinski definition) is 1. The van der Waals surface area contributed by atoms with Crippen molar-refractivity contribution in [1.82, 2.24) is 0 Å². The molecule has 1 aromatic rings. The molecule has 1 heterocycles. The maximum Gasteiger partial charge on any atom is 0.312 e. The van der Waals surface area contributed by atoms with Gasteiger partial charge < -0.3 is 9.84 Å². The van der Waals surface area contributed by atoms with E-state index in [1.807, 2.05) is 30.3 Å². The molecule has 0 spiro atoms. The summed E-state index contributed by atoms with van der Waals surface area (Å²) in [6.07, 6.45) is -0.0939. The van der Waals surface area contributed by atoms with Crippen molar-refractivity contribution in [3.63, 3.8) is 0 Å². The van der Waals surface area contributed by atoms with Crippen LogP contribution in [-0.2, 0) is 16.0 Å². The molecule has 0 saturated carbocycles. The number of carbonyl (C=O) groups excluding carboxylic acids is 1. The molecular formula is C11H12O3. The van der Waals surface area contributed by atoms with Gasteiger partial charge >= 0.3 is 5.97 Å². The van der Waals surface area contributed by atoms with Crippen LogP contribution in [0.1, 0.15) is 5.56 Å². The zero-order valence-electron chi connectivity index (χ0n) is 7.72. The van der Waals surface area contributed by atoms with Gasteiger partial charge in [-0.25, -0.2) is 0 Å². The molecule has 74 valence electrons. The molecule has 2 rings (SSSR count). The minimum Gasteiger partial charge on any atom is -0.463 e. The van der Waals surface area contributed by atoms with Gasteiger partial charge in [-0.3, -0.25) is 4.79 Å². The molecule has 1 saturated heterocycles. The summed E-state index contributed by atoms with van der Waals surface area (Å²) in [4.78, 5) is 11.2. The average molecular weight is 192 g/mol. The second-order valence-electron chi connectivity index (χ2n) is 3.49. The molecule has 3 heteroatoms. The fourth-order valence-electron chi connectivity index (χ4n) is 1.64. The first-order chi connectivity index (χ1) is 6.77. The van der Waals surface area contributed by atoms with Gasteiger partial charge in [0.1, 0.15) is 12.7 Å². The quantitative estimate of drug-likeness (QED) is 0.704. The Bertz CT molecular complexity index is 321. The number of rotatable bonds is 2. The van der Waals surface area contributed by atoms with Crippen LogP contribution >= 0.6 is 0 Å². The largest absolute Gasteiger partial charge is 0.463 e. The van der Waals surface area contributed by atoms with E-state index in [9.17, 15) is 9.90 Å². The van der Waals surface area contributed by atoms with Crippen LogP contribution in [0, 0.1) is 5.92 Å². The number of cyclic esters (lactones) is 1. The van der Waals surface area contributed by atoms with Gasteiger partial charge in [-0.05, 0) is 12.0 Å². The van der Waals surface area contributed by atoms with Gasteiger partial charge in [-0.2, -0.15) is 0 Å². The number of aliphatic hydroxyl groups is 1. The number of benzene rings is 1. The molecule has 0 amide bonds. The number of aliphatic hydroxyl groups excluding tert-OH is 1. The lowest BCUT2D eigenvalue weighted by Gasteiger charge is -2.08. The minimum atomic E-state index is -0.650. The van der Waals surface area contributed by atoms with Gasteiger partial charge in [0.25, 0.3) is 0 Å². The van der Waals surface area contributed by atoms with Crippen LogP contribution in [0.15, 0.2) is 30.3 Å². The topological polar surface area (TPSA) is 46.5 Å². The fraction of sp³-hybridized carbons (Fsp3) is 0.364. The molecule has 2 atom stereocenters. The molecule has 3 nitrogen and oxygen atoms in total. The van der Waals surface area contributed by atoms with Crippen LogP contribution in [0.3, 0.4) is 0 Å². The van der Waals surface area contributed by atoms with E-state index in [0.29, 0.717) is 6.42 Å². The highest BCUT2D eigenvalue weighted by Gasteiger charge is 2.35. The normalized spacial score (nSPS) is 26.2. The van der Waals surface area contributed by atoms with Crippen molar-refractivity contribution in [3.05, 3.63) is 35.9 Å². The van der Waals surface area contributed by atoms with Crippen molar-refractivity contribution >= 4 is 5.97 Å². The molecule has 1 aromatic carbocycles. The molecule has 0 unspecified atom stereocenters. The molecule has 1 aliphatic heterocycles. The highest BCUT2D eigenvalue weighted by molar-refractivity contribution is 5.75. The highest BCUT2D eigenvalue weighted by atomic mass is 16.6. The Labute approximate surface area is 82.3 Å². The zero-order chi connectivity index (χ0) is 9.97. The Morgan fingerprint density at radius 1 is 1.36 bits per heavy atom. The maximum absolute atomic E-state index is 11.2. The number of hydrogen-bond acceptors (Lipinski definition) is 3. The summed E-state index contributed by atoms with van der Waals surface area (Å²) < 4.78 is 4.76. The lowest BCUT2D eigenvalue weighted by molar-refractivity contribution is -0.141. The molecule has 0 aliphatic carbocycles. The Hall–Kier alpha value is -1.35. The molecule has 1 fully saturated rings. The summed E-state index contributed by atoms with van der Waals surface area (Å²) in [5.41, 5.74) is 1.05. The summed E-state index contributed by atoms with van der Waals surface area (Å²) in [7, 11) is 0. The van der Waals surface area contributed by atoms with E-state index in [4.69, 9.17) is 4.74 Å². The zero-order valence-corrected chi connectivity index (χ0v) is 7.72. The van der Waals surface area contributed by atoms with Crippen molar-refractivity contribution in [1.29, 1.82) is 0 Å².